The fraction of sp³-hybridized carbons (Fsp3) is 0.333. The number of nitrogens with two attached hydrogens (primary N) is 1. The smallest absolute Gasteiger partial charge is 0.270 e. The molecule has 0 amide bonds. The second-order valence-corrected chi connectivity index (χ2v) is 6.79. The normalized spacial score (nSPS) is 13.5. The Kier molecular flexibility index (Phi) is 5.69. The predicted octanol–water partition coefficient (Wildman–Crippen LogP) is 1.93. The molecule has 0 aliphatic carbocycles. The van der Waals surface area contributed by atoms with Gasteiger partial charge in [0.2, 0.25) is 5.89 Å². The van der Waals surface area contributed by atoms with Crippen LogP contribution in [0.1, 0.15) is 47.5 Å². The van der Waals surface area contributed by atoms with Crippen molar-refractivity contribution in [3.05, 3.63) is 74.2 Å². The largest absolute Gasteiger partial charge is 0.388 e. The van der Waals surface area contributed by atoms with Gasteiger partial charge >= 0.3 is 0 Å². The highest BCUT2D eigenvalue weighted by atomic mass is 35.5. The maximum atomic E-state index is 12.4. The van der Waals surface area contributed by atoms with E-state index in [1.807, 2.05) is 0 Å². The van der Waals surface area contributed by atoms with Crippen molar-refractivity contribution in [2.45, 2.75) is 39.0 Å². The lowest BCUT2D eigenvalue weighted by Gasteiger charge is -2.10. The molecule has 0 saturated carbocycles. The zero-order valence-corrected chi connectivity index (χ0v) is 15.7. The lowest BCUT2D eigenvalue weighted by molar-refractivity contribution is 0.174. The number of halogens is 1. The number of rotatable bonds is 6. The summed E-state index contributed by atoms with van der Waals surface area (Å²) in [4.78, 5) is 16.6. The molecule has 0 bridgehead atoms. The van der Waals surface area contributed by atoms with Gasteiger partial charge in [-0.2, -0.15) is 10.1 Å². The second-order valence-electron chi connectivity index (χ2n) is 6.35. The van der Waals surface area contributed by atoms with Gasteiger partial charge in [-0.25, -0.2) is 4.68 Å². The standard InChI is InChI=1S/C18H20ClN5O3/c1-10-14(11(2)20)8-21-24(18(10)26)9-17-22-16(23-27-17)7-15(25)12-3-5-13(19)6-4-12/h3-6,8,11,15,25H,7,9,20H2,1-2H3/t11-,15-/m0/s1. The molecule has 0 unspecified atom stereocenters. The summed E-state index contributed by atoms with van der Waals surface area (Å²) in [6.07, 6.45) is 0.958. The van der Waals surface area contributed by atoms with Crippen molar-refractivity contribution in [3.63, 3.8) is 0 Å². The summed E-state index contributed by atoms with van der Waals surface area (Å²) in [5.74, 6) is 0.570. The maximum absolute atomic E-state index is 12.4. The number of aromatic nitrogens is 4. The Morgan fingerprint density at radius 1 is 1.33 bits per heavy atom. The summed E-state index contributed by atoms with van der Waals surface area (Å²) in [5, 5.41) is 18.9. The van der Waals surface area contributed by atoms with E-state index < -0.39 is 6.10 Å². The number of hydrogen-bond acceptors (Lipinski definition) is 7. The molecule has 3 N–H and O–H groups in total. The van der Waals surface area contributed by atoms with Crippen LogP contribution in [0.2, 0.25) is 5.02 Å². The van der Waals surface area contributed by atoms with Crippen molar-refractivity contribution in [2.24, 2.45) is 5.73 Å². The van der Waals surface area contributed by atoms with Gasteiger partial charge in [0.15, 0.2) is 5.82 Å². The molecule has 142 valence electrons. The average molecular weight is 390 g/mol. The fourth-order valence-corrected chi connectivity index (χ4v) is 2.84. The lowest BCUT2D eigenvalue weighted by Crippen LogP contribution is -2.28. The van der Waals surface area contributed by atoms with Gasteiger partial charge in [-0.3, -0.25) is 4.79 Å². The van der Waals surface area contributed by atoms with Crippen LogP contribution in [0.3, 0.4) is 0 Å². The van der Waals surface area contributed by atoms with Gasteiger partial charge < -0.3 is 15.4 Å². The summed E-state index contributed by atoms with van der Waals surface area (Å²) in [5.41, 5.74) is 7.52. The monoisotopic (exact) mass is 389 g/mol. The molecule has 3 rings (SSSR count). The number of benzene rings is 1. The Hall–Kier alpha value is -2.55. The Balaban J connectivity index is 1.72. The van der Waals surface area contributed by atoms with E-state index in [1.54, 1.807) is 44.3 Å². The van der Waals surface area contributed by atoms with E-state index >= 15 is 0 Å². The molecule has 27 heavy (non-hydrogen) atoms. The van der Waals surface area contributed by atoms with Gasteiger partial charge in [0.05, 0.1) is 12.3 Å². The van der Waals surface area contributed by atoms with Crippen molar-refractivity contribution in [1.82, 2.24) is 19.9 Å². The third kappa shape index (κ3) is 4.41. The van der Waals surface area contributed by atoms with Crippen molar-refractivity contribution in [2.75, 3.05) is 0 Å². The zero-order chi connectivity index (χ0) is 19.6. The molecule has 2 heterocycles. The van der Waals surface area contributed by atoms with Gasteiger partial charge in [0.25, 0.3) is 5.56 Å². The van der Waals surface area contributed by atoms with Gasteiger partial charge in [-0.1, -0.05) is 28.9 Å². The van der Waals surface area contributed by atoms with E-state index in [9.17, 15) is 9.90 Å². The highest BCUT2D eigenvalue weighted by molar-refractivity contribution is 6.30. The number of hydrogen-bond donors (Lipinski definition) is 2. The molecule has 0 radical (unpaired) electrons. The molecule has 0 aliphatic rings. The Morgan fingerprint density at radius 2 is 2.04 bits per heavy atom. The third-order valence-corrected chi connectivity index (χ3v) is 4.49. The summed E-state index contributed by atoms with van der Waals surface area (Å²) in [6, 6.07) is 6.60. The second kappa shape index (κ2) is 7.99. The molecule has 0 aliphatic heterocycles. The van der Waals surface area contributed by atoms with Crippen LogP contribution in [0.25, 0.3) is 0 Å². The lowest BCUT2D eigenvalue weighted by atomic mass is 10.1. The molecular weight excluding hydrogens is 370 g/mol. The van der Waals surface area contributed by atoms with Gasteiger partial charge in [-0.05, 0) is 37.1 Å². The van der Waals surface area contributed by atoms with Crippen LogP contribution >= 0.6 is 11.6 Å². The predicted molar refractivity (Wildman–Crippen MR) is 99.4 cm³/mol. The van der Waals surface area contributed by atoms with Crippen LogP contribution < -0.4 is 11.3 Å². The summed E-state index contributed by atoms with van der Waals surface area (Å²) in [7, 11) is 0. The first-order valence-corrected chi connectivity index (χ1v) is 8.80. The first-order chi connectivity index (χ1) is 12.8. The minimum Gasteiger partial charge on any atom is -0.388 e. The van der Waals surface area contributed by atoms with Crippen LogP contribution in [0.5, 0.6) is 0 Å². The quantitative estimate of drug-likeness (QED) is 0.660. The van der Waals surface area contributed by atoms with Crippen molar-refractivity contribution >= 4 is 11.6 Å². The number of aliphatic hydroxyl groups is 1. The number of nitrogens with zero attached hydrogens (tertiary/aromatic N) is 4. The molecule has 3 aromatic rings. The van der Waals surface area contributed by atoms with Crippen LogP contribution in [0.15, 0.2) is 39.8 Å². The van der Waals surface area contributed by atoms with E-state index in [1.165, 1.54) is 4.68 Å². The van der Waals surface area contributed by atoms with Crippen LogP contribution in [-0.4, -0.2) is 25.0 Å². The first-order valence-electron chi connectivity index (χ1n) is 8.42. The fourth-order valence-electron chi connectivity index (χ4n) is 2.71. The summed E-state index contributed by atoms with van der Waals surface area (Å²) in [6.45, 7) is 3.55. The molecule has 2 atom stereocenters. The topological polar surface area (TPSA) is 120 Å². The minimum atomic E-state index is -0.791. The maximum Gasteiger partial charge on any atom is 0.270 e. The van der Waals surface area contributed by atoms with Crippen molar-refractivity contribution < 1.29 is 9.63 Å². The van der Waals surface area contributed by atoms with Gasteiger partial charge in [0.1, 0.15) is 6.54 Å². The Labute approximate surface area is 160 Å². The number of aliphatic hydroxyl groups excluding tert-OH is 1. The molecule has 9 heteroatoms. The third-order valence-electron chi connectivity index (χ3n) is 4.24. The molecule has 8 nitrogen and oxygen atoms in total. The highest BCUT2D eigenvalue weighted by Gasteiger charge is 2.16. The zero-order valence-electron chi connectivity index (χ0n) is 15.0. The van der Waals surface area contributed by atoms with Crippen molar-refractivity contribution in [3.8, 4) is 0 Å². The Bertz CT molecular complexity index is 981. The van der Waals surface area contributed by atoms with Crippen LogP contribution in [-0.2, 0) is 13.0 Å². The molecule has 0 fully saturated rings. The average Bonchev–Trinajstić information content (AvgIpc) is 3.06. The first kappa shape index (κ1) is 19.2. The molecule has 0 saturated heterocycles. The minimum absolute atomic E-state index is 0.0446. The molecular formula is C18H20ClN5O3. The summed E-state index contributed by atoms with van der Waals surface area (Å²) >= 11 is 5.85. The highest BCUT2D eigenvalue weighted by Crippen LogP contribution is 2.19. The van der Waals surface area contributed by atoms with Crippen LogP contribution in [0, 0.1) is 6.92 Å². The van der Waals surface area contributed by atoms with Gasteiger partial charge in [0, 0.05) is 23.0 Å². The van der Waals surface area contributed by atoms with Gasteiger partial charge in [-0.15, -0.1) is 0 Å². The van der Waals surface area contributed by atoms with E-state index in [0.717, 1.165) is 0 Å². The van der Waals surface area contributed by atoms with E-state index in [2.05, 4.69) is 15.2 Å². The van der Waals surface area contributed by atoms with E-state index in [4.69, 9.17) is 21.9 Å². The van der Waals surface area contributed by atoms with Crippen LogP contribution in [0.4, 0.5) is 0 Å². The Morgan fingerprint density at radius 3 is 2.70 bits per heavy atom. The summed E-state index contributed by atoms with van der Waals surface area (Å²) < 4.78 is 6.42. The van der Waals surface area contributed by atoms with Crippen molar-refractivity contribution in [1.29, 1.82) is 0 Å². The molecule has 0 spiro atoms. The molecule has 2 aromatic heterocycles. The molecule has 1 aromatic carbocycles. The SMILES string of the molecule is Cc1c([C@H](C)N)cnn(Cc2nc(C[C@H](O)c3ccc(Cl)cc3)no2)c1=O. The van der Waals surface area contributed by atoms with E-state index in [0.29, 0.717) is 27.5 Å². The van der Waals surface area contributed by atoms with E-state index in [-0.39, 0.29) is 30.5 Å².